The van der Waals surface area contributed by atoms with E-state index in [0.717, 1.165) is 18.4 Å². The lowest BCUT2D eigenvalue weighted by Gasteiger charge is -2.26. The van der Waals surface area contributed by atoms with E-state index in [9.17, 15) is 10.1 Å². The number of rotatable bonds is 3. The second-order valence-electron chi connectivity index (χ2n) is 3.74. The smallest absolute Gasteiger partial charge is 0.288 e. The van der Waals surface area contributed by atoms with Gasteiger partial charge in [0, 0.05) is 11.6 Å². The molecular formula is C10H12N2O3. The second kappa shape index (κ2) is 3.84. The first kappa shape index (κ1) is 9.89. The Morgan fingerprint density at radius 1 is 1.60 bits per heavy atom. The summed E-state index contributed by atoms with van der Waals surface area (Å²) in [5.41, 5.74) is 0.726. The minimum absolute atomic E-state index is 0.00783. The molecule has 1 aromatic heterocycles. The standard InChI is InChI=1S/C10H12N2O3/c1-7-5-8(12(13)14)6-11-10(7)15-9-3-2-4-9/h5-6,9H,2-4H2,1H3. The van der Waals surface area contributed by atoms with Crippen LogP contribution in [0.25, 0.3) is 0 Å². The van der Waals surface area contributed by atoms with Gasteiger partial charge < -0.3 is 4.74 Å². The van der Waals surface area contributed by atoms with Crippen molar-refractivity contribution in [2.45, 2.75) is 32.3 Å². The van der Waals surface area contributed by atoms with Crippen LogP contribution in [0, 0.1) is 17.0 Å². The van der Waals surface area contributed by atoms with Gasteiger partial charge in [-0.2, -0.15) is 0 Å². The van der Waals surface area contributed by atoms with Crippen LogP contribution in [0.4, 0.5) is 5.69 Å². The third-order valence-electron chi connectivity index (χ3n) is 2.56. The molecule has 0 radical (unpaired) electrons. The molecular weight excluding hydrogens is 196 g/mol. The van der Waals surface area contributed by atoms with Gasteiger partial charge in [-0.15, -0.1) is 0 Å². The average molecular weight is 208 g/mol. The lowest BCUT2D eigenvalue weighted by Crippen LogP contribution is -2.25. The maximum Gasteiger partial charge on any atom is 0.288 e. The molecule has 5 nitrogen and oxygen atoms in total. The van der Waals surface area contributed by atoms with Crippen molar-refractivity contribution in [3.05, 3.63) is 27.9 Å². The van der Waals surface area contributed by atoms with Gasteiger partial charge in [0.05, 0.1) is 4.92 Å². The summed E-state index contributed by atoms with van der Waals surface area (Å²) >= 11 is 0. The second-order valence-corrected chi connectivity index (χ2v) is 3.74. The molecule has 0 aliphatic heterocycles. The van der Waals surface area contributed by atoms with Crippen molar-refractivity contribution in [2.75, 3.05) is 0 Å². The Kier molecular flexibility index (Phi) is 2.53. The van der Waals surface area contributed by atoms with E-state index in [-0.39, 0.29) is 11.8 Å². The average Bonchev–Trinajstić information content (AvgIpc) is 2.12. The van der Waals surface area contributed by atoms with E-state index in [1.165, 1.54) is 18.7 Å². The Bertz CT molecular complexity index is 388. The lowest BCUT2D eigenvalue weighted by atomic mass is 9.96. The van der Waals surface area contributed by atoms with Gasteiger partial charge in [-0.05, 0) is 26.2 Å². The third kappa shape index (κ3) is 2.06. The number of pyridine rings is 1. The van der Waals surface area contributed by atoms with Crippen LogP contribution in [0.3, 0.4) is 0 Å². The Hall–Kier alpha value is -1.65. The number of aromatic nitrogens is 1. The van der Waals surface area contributed by atoms with Crippen molar-refractivity contribution in [3.63, 3.8) is 0 Å². The fourth-order valence-electron chi connectivity index (χ4n) is 1.42. The molecule has 1 heterocycles. The Balaban J connectivity index is 2.14. The van der Waals surface area contributed by atoms with Crippen LogP contribution in [0.15, 0.2) is 12.3 Å². The van der Waals surface area contributed by atoms with E-state index >= 15 is 0 Å². The molecule has 0 N–H and O–H groups in total. The number of nitrogens with zero attached hydrogens (tertiary/aromatic N) is 2. The summed E-state index contributed by atoms with van der Waals surface area (Å²) in [6.07, 6.45) is 4.78. The fraction of sp³-hybridized carbons (Fsp3) is 0.500. The molecule has 0 aromatic carbocycles. The highest BCUT2D eigenvalue weighted by Gasteiger charge is 2.21. The van der Waals surface area contributed by atoms with Crippen molar-refractivity contribution in [1.29, 1.82) is 0 Å². The van der Waals surface area contributed by atoms with Gasteiger partial charge in [0.2, 0.25) is 5.88 Å². The van der Waals surface area contributed by atoms with E-state index in [0.29, 0.717) is 5.88 Å². The highest BCUT2D eigenvalue weighted by atomic mass is 16.6. The quantitative estimate of drug-likeness (QED) is 0.564. The van der Waals surface area contributed by atoms with Crippen molar-refractivity contribution in [3.8, 4) is 5.88 Å². The molecule has 0 spiro atoms. The molecule has 1 aliphatic rings. The lowest BCUT2D eigenvalue weighted by molar-refractivity contribution is -0.385. The van der Waals surface area contributed by atoms with Crippen LogP contribution in [-0.4, -0.2) is 16.0 Å². The van der Waals surface area contributed by atoms with Crippen LogP contribution in [-0.2, 0) is 0 Å². The van der Waals surface area contributed by atoms with E-state index in [2.05, 4.69) is 4.98 Å². The molecule has 1 aliphatic carbocycles. The van der Waals surface area contributed by atoms with E-state index in [1.807, 2.05) is 0 Å². The summed E-state index contributed by atoms with van der Waals surface area (Å²) in [4.78, 5) is 14.0. The monoisotopic (exact) mass is 208 g/mol. The van der Waals surface area contributed by atoms with Crippen LogP contribution in [0.5, 0.6) is 5.88 Å². The number of hydrogen-bond acceptors (Lipinski definition) is 4. The van der Waals surface area contributed by atoms with Crippen LogP contribution >= 0.6 is 0 Å². The highest BCUT2D eigenvalue weighted by molar-refractivity contribution is 5.36. The SMILES string of the molecule is Cc1cc([N+](=O)[O-])cnc1OC1CCC1. The zero-order valence-corrected chi connectivity index (χ0v) is 8.47. The maximum atomic E-state index is 10.5. The molecule has 0 unspecified atom stereocenters. The first-order valence-corrected chi connectivity index (χ1v) is 4.94. The van der Waals surface area contributed by atoms with Crippen molar-refractivity contribution in [1.82, 2.24) is 4.98 Å². The Morgan fingerprint density at radius 2 is 2.33 bits per heavy atom. The van der Waals surface area contributed by atoms with E-state index in [4.69, 9.17) is 4.74 Å². The number of ether oxygens (including phenoxy) is 1. The molecule has 15 heavy (non-hydrogen) atoms. The van der Waals surface area contributed by atoms with Gasteiger partial charge in [0.15, 0.2) is 0 Å². The molecule has 0 amide bonds. The predicted molar refractivity (Wildman–Crippen MR) is 53.9 cm³/mol. The molecule has 0 bridgehead atoms. The van der Waals surface area contributed by atoms with E-state index in [1.54, 1.807) is 6.92 Å². The van der Waals surface area contributed by atoms with Gasteiger partial charge in [-0.25, -0.2) is 4.98 Å². The topological polar surface area (TPSA) is 65.3 Å². The first-order chi connectivity index (χ1) is 7.16. The summed E-state index contributed by atoms with van der Waals surface area (Å²) < 4.78 is 5.58. The van der Waals surface area contributed by atoms with Gasteiger partial charge in [0.25, 0.3) is 5.69 Å². The number of nitro groups is 1. The van der Waals surface area contributed by atoms with Gasteiger partial charge in [-0.3, -0.25) is 10.1 Å². The first-order valence-electron chi connectivity index (χ1n) is 4.94. The molecule has 80 valence electrons. The molecule has 1 saturated carbocycles. The summed E-state index contributed by atoms with van der Waals surface area (Å²) in [5, 5.41) is 10.5. The van der Waals surface area contributed by atoms with Crippen molar-refractivity contribution in [2.24, 2.45) is 0 Å². The highest BCUT2D eigenvalue weighted by Crippen LogP contribution is 2.27. The normalized spacial score (nSPS) is 15.8. The summed E-state index contributed by atoms with van der Waals surface area (Å²) in [7, 11) is 0. The Morgan fingerprint density at radius 3 is 2.80 bits per heavy atom. The summed E-state index contributed by atoms with van der Waals surface area (Å²) in [6.45, 7) is 1.77. The fourth-order valence-corrected chi connectivity index (χ4v) is 1.42. The van der Waals surface area contributed by atoms with Crippen LogP contribution < -0.4 is 4.74 Å². The largest absolute Gasteiger partial charge is 0.474 e. The van der Waals surface area contributed by atoms with Gasteiger partial charge >= 0.3 is 0 Å². The number of hydrogen-bond donors (Lipinski definition) is 0. The minimum Gasteiger partial charge on any atom is -0.474 e. The molecule has 0 saturated heterocycles. The maximum absolute atomic E-state index is 10.5. The molecule has 1 fully saturated rings. The van der Waals surface area contributed by atoms with Gasteiger partial charge in [-0.1, -0.05) is 0 Å². The van der Waals surface area contributed by atoms with Crippen LogP contribution in [0.2, 0.25) is 0 Å². The third-order valence-corrected chi connectivity index (χ3v) is 2.56. The van der Waals surface area contributed by atoms with E-state index < -0.39 is 4.92 Å². The zero-order chi connectivity index (χ0) is 10.8. The Labute approximate surface area is 87.2 Å². The summed E-state index contributed by atoms with van der Waals surface area (Å²) in [6, 6.07) is 1.49. The number of aryl methyl sites for hydroxylation is 1. The van der Waals surface area contributed by atoms with Crippen molar-refractivity contribution < 1.29 is 9.66 Å². The molecule has 2 rings (SSSR count). The summed E-state index contributed by atoms with van der Waals surface area (Å²) in [5.74, 6) is 0.519. The predicted octanol–water partition coefficient (Wildman–Crippen LogP) is 2.23. The molecule has 0 atom stereocenters. The van der Waals surface area contributed by atoms with Gasteiger partial charge in [0.1, 0.15) is 12.3 Å². The van der Waals surface area contributed by atoms with Crippen LogP contribution in [0.1, 0.15) is 24.8 Å². The minimum atomic E-state index is -0.451. The van der Waals surface area contributed by atoms with Crippen molar-refractivity contribution >= 4 is 5.69 Å². The molecule has 1 aromatic rings. The zero-order valence-electron chi connectivity index (χ0n) is 8.47. The molecule has 5 heteroatoms.